The van der Waals surface area contributed by atoms with Gasteiger partial charge < -0.3 is 14.1 Å². The van der Waals surface area contributed by atoms with E-state index >= 15 is 0 Å². The molecule has 0 radical (unpaired) electrons. The molecule has 3 aromatic heterocycles. The SMILES string of the molecule is O=C1OC2(CCC(c3nc4nc(-c5ccco5)ncc4[nH]3)CC2)c2ccccc21. The Morgan fingerprint density at radius 2 is 1.93 bits per heavy atom. The molecule has 1 aromatic carbocycles. The van der Waals surface area contributed by atoms with Crippen molar-refractivity contribution in [2.24, 2.45) is 0 Å². The minimum absolute atomic E-state index is 0.205. The number of esters is 1. The van der Waals surface area contributed by atoms with Crippen LogP contribution in [0.2, 0.25) is 0 Å². The summed E-state index contributed by atoms with van der Waals surface area (Å²) in [5.74, 6) is 2.13. The van der Waals surface area contributed by atoms with Crippen molar-refractivity contribution < 1.29 is 13.9 Å². The van der Waals surface area contributed by atoms with E-state index in [1.165, 1.54) is 0 Å². The quantitative estimate of drug-likeness (QED) is 0.515. The fourth-order valence-electron chi connectivity index (χ4n) is 4.62. The van der Waals surface area contributed by atoms with Crippen LogP contribution in [-0.4, -0.2) is 25.9 Å². The molecule has 0 bridgehead atoms. The molecule has 1 spiro atoms. The van der Waals surface area contributed by atoms with Crippen molar-refractivity contribution in [1.82, 2.24) is 19.9 Å². The van der Waals surface area contributed by atoms with Crippen LogP contribution >= 0.6 is 0 Å². The van der Waals surface area contributed by atoms with E-state index in [4.69, 9.17) is 14.1 Å². The molecule has 1 saturated carbocycles. The molecule has 2 aliphatic rings. The maximum Gasteiger partial charge on any atom is 0.339 e. The van der Waals surface area contributed by atoms with E-state index in [1.54, 1.807) is 12.5 Å². The molecular weight excluding hydrogens is 368 g/mol. The van der Waals surface area contributed by atoms with Crippen LogP contribution in [0.3, 0.4) is 0 Å². The number of furan rings is 1. The number of carbonyl (C=O) groups excluding carboxylic acids is 1. The van der Waals surface area contributed by atoms with Gasteiger partial charge in [-0.3, -0.25) is 0 Å². The number of ether oxygens (including phenoxy) is 1. The second kappa shape index (κ2) is 6.01. The number of fused-ring (bicyclic) bond motifs is 3. The highest BCUT2D eigenvalue weighted by Crippen LogP contribution is 2.49. The first-order valence-corrected chi connectivity index (χ1v) is 9.81. The van der Waals surface area contributed by atoms with Crippen LogP contribution in [-0.2, 0) is 10.3 Å². The number of hydrogen-bond donors (Lipinski definition) is 1. The topological polar surface area (TPSA) is 93.9 Å². The number of aromatic amines is 1. The van der Waals surface area contributed by atoms with Crippen LogP contribution < -0.4 is 0 Å². The molecule has 0 unspecified atom stereocenters. The molecule has 6 rings (SSSR count). The van der Waals surface area contributed by atoms with Gasteiger partial charge in [0.2, 0.25) is 0 Å². The van der Waals surface area contributed by atoms with Crippen LogP contribution in [0.4, 0.5) is 0 Å². The summed E-state index contributed by atoms with van der Waals surface area (Å²) in [6.07, 6.45) is 6.71. The molecule has 0 atom stereocenters. The number of H-pyrrole nitrogens is 1. The molecule has 4 aromatic rings. The monoisotopic (exact) mass is 386 g/mol. The normalized spacial score (nSPS) is 23.4. The van der Waals surface area contributed by atoms with Gasteiger partial charge in [-0.25, -0.2) is 19.7 Å². The van der Waals surface area contributed by atoms with E-state index in [1.807, 2.05) is 36.4 Å². The molecule has 144 valence electrons. The maximum atomic E-state index is 12.3. The van der Waals surface area contributed by atoms with E-state index in [-0.39, 0.29) is 11.9 Å². The molecule has 29 heavy (non-hydrogen) atoms. The summed E-state index contributed by atoms with van der Waals surface area (Å²) in [6, 6.07) is 11.4. The molecular formula is C22H18N4O3. The number of nitrogens with one attached hydrogen (secondary N) is 1. The third kappa shape index (κ3) is 2.50. The van der Waals surface area contributed by atoms with E-state index in [0.29, 0.717) is 22.8 Å². The van der Waals surface area contributed by atoms with Crippen molar-refractivity contribution in [2.45, 2.75) is 37.2 Å². The fourth-order valence-corrected chi connectivity index (χ4v) is 4.62. The summed E-state index contributed by atoms with van der Waals surface area (Å²) in [5, 5.41) is 0. The van der Waals surface area contributed by atoms with Crippen LogP contribution in [0.15, 0.2) is 53.3 Å². The molecule has 0 saturated heterocycles. The molecule has 7 nitrogen and oxygen atoms in total. The van der Waals surface area contributed by atoms with Crippen LogP contribution in [0.5, 0.6) is 0 Å². The van der Waals surface area contributed by atoms with Gasteiger partial charge in [0.05, 0.1) is 18.0 Å². The molecule has 1 N–H and O–H groups in total. The van der Waals surface area contributed by atoms with Gasteiger partial charge in [0, 0.05) is 11.5 Å². The maximum absolute atomic E-state index is 12.3. The lowest BCUT2D eigenvalue weighted by atomic mass is 9.75. The number of hydrogen-bond acceptors (Lipinski definition) is 6. The standard InChI is InChI=1S/C22H18N4O3/c27-21-14-4-1-2-5-15(14)22(29-21)9-7-13(8-10-22)18-24-16-12-23-20(26-19(16)25-18)17-6-3-11-28-17/h1-6,11-13H,7-10H2,(H,23,24,25,26). The predicted molar refractivity (Wildman–Crippen MR) is 104 cm³/mol. The number of rotatable bonds is 2. The Kier molecular flexibility index (Phi) is 3.41. The summed E-state index contributed by atoms with van der Waals surface area (Å²) in [4.78, 5) is 29.3. The largest absolute Gasteiger partial charge is 0.461 e. The van der Waals surface area contributed by atoms with E-state index < -0.39 is 5.60 Å². The van der Waals surface area contributed by atoms with E-state index in [0.717, 1.165) is 42.6 Å². The number of aromatic nitrogens is 4. The minimum Gasteiger partial charge on any atom is -0.461 e. The molecule has 1 fully saturated rings. The predicted octanol–water partition coefficient (Wildman–Crippen LogP) is 4.34. The van der Waals surface area contributed by atoms with Crippen LogP contribution in [0.1, 0.15) is 53.3 Å². The van der Waals surface area contributed by atoms with Gasteiger partial charge >= 0.3 is 5.97 Å². The number of nitrogens with zero attached hydrogens (tertiary/aromatic N) is 3. The Labute approximate surface area is 166 Å². The highest BCUT2D eigenvalue weighted by molar-refractivity contribution is 5.94. The zero-order chi connectivity index (χ0) is 19.4. The summed E-state index contributed by atoms with van der Waals surface area (Å²) >= 11 is 0. The molecule has 1 aliphatic carbocycles. The summed E-state index contributed by atoms with van der Waals surface area (Å²) in [6.45, 7) is 0. The zero-order valence-electron chi connectivity index (χ0n) is 15.6. The van der Waals surface area contributed by atoms with Gasteiger partial charge in [0.15, 0.2) is 17.2 Å². The lowest BCUT2D eigenvalue weighted by Gasteiger charge is -2.35. The highest BCUT2D eigenvalue weighted by Gasteiger charge is 2.47. The Morgan fingerprint density at radius 3 is 2.76 bits per heavy atom. The molecule has 4 heterocycles. The second-order valence-electron chi connectivity index (χ2n) is 7.73. The van der Waals surface area contributed by atoms with Gasteiger partial charge in [-0.1, -0.05) is 18.2 Å². The van der Waals surface area contributed by atoms with Crippen molar-refractivity contribution in [1.29, 1.82) is 0 Å². The van der Waals surface area contributed by atoms with Crippen molar-refractivity contribution >= 4 is 17.1 Å². The van der Waals surface area contributed by atoms with Gasteiger partial charge in [0.1, 0.15) is 16.9 Å². The Balaban J connectivity index is 1.27. The average molecular weight is 386 g/mol. The summed E-state index contributed by atoms with van der Waals surface area (Å²) in [7, 11) is 0. The first kappa shape index (κ1) is 16.5. The number of imidazole rings is 1. The number of carbonyl (C=O) groups is 1. The molecule has 0 amide bonds. The third-order valence-electron chi connectivity index (χ3n) is 6.11. The zero-order valence-corrected chi connectivity index (χ0v) is 15.6. The van der Waals surface area contributed by atoms with Gasteiger partial charge in [-0.2, -0.15) is 0 Å². The Bertz CT molecular complexity index is 1220. The first-order valence-electron chi connectivity index (χ1n) is 9.81. The van der Waals surface area contributed by atoms with E-state index in [2.05, 4.69) is 15.0 Å². The van der Waals surface area contributed by atoms with E-state index in [9.17, 15) is 4.79 Å². The smallest absolute Gasteiger partial charge is 0.339 e. The van der Waals surface area contributed by atoms with Crippen molar-refractivity contribution in [2.75, 3.05) is 0 Å². The third-order valence-corrected chi connectivity index (χ3v) is 6.11. The van der Waals surface area contributed by atoms with Gasteiger partial charge in [-0.05, 0) is 43.9 Å². The summed E-state index contributed by atoms with van der Waals surface area (Å²) < 4.78 is 11.2. The van der Waals surface area contributed by atoms with Gasteiger partial charge in [-0.15, -0.1) is 0 Å². The van der Waals surface area contributed by atoms with Gasteiger partial charge in [0.25, 0.3) is 0 Å². The highest BCUT2D eigenvalue weighted by atomic mass is 16.6. The second-order valence-corrected chi connectivity index (χ2v) is 7.73. The lowest BCUT2D eigenvalue weighted by Crippen LogP contribution is -2.31. The van der Waals surface area contributed by atoms with Crippen LogP contribution in [0, 0.1) is 0 Å². The van der Waals surface area contributed by atoms with Crippen molar-refractivity contribution in [3.63, 3.8) is 0 Å². The molecule has 1 aliphatic heterocycles. The van der Waals surface area contributed by atoms with Crippen molar-refractivity contribution in [3.8, 4) is 11.6 Å². The lowest BCUT2D eigenvalue weighted by molar-refractivity contribution is -0.0312. The fraction of sp³-hybridized carbons (Fsp3) is 0.273. The van der Waals surface area contributed by atoms with Crippen molar-refractivity contribution in [3.05, 3.63) is 65.8 Å². The number of benzene rings is 1. The molecule has 7 heteroatoms. The van der Waals surface area contributed by atoms with Crippen LogP contribution in [0.25, 0.3) is 22.7 Å². The average Bonchev–Trinajstić information content (AvgIpc) is 3.48. The first-order chi connectivity index (χ1) is 14.2. The Hall–Kier alpha value is -3.48. The summed E-state index contributed by atoms with van der Waals surface area (Å²) in [5.41, 5.74) is 2.70. The minimum atomic E-state index is -0.484. The Morgan fingerprint density at radius 1 is 1.07 bits per heavy atom.